The van der Waals surface area contributed by atoms with E-state index in [4.69, 9.17) is 33.2 Å². The van der Waals surface area contributed by atoms with Gasteiger partial charge in [0.2, 0.25) is 0 Å². The third-order valence-electron chi connectivity index (χ3n) is 8.47. The Balaban J connectivity index is 1.59. The third-order valence-corrected chi connectivity index (χ3v) is 9.51. The van der Waals surface area contributed by atoms with Gasteiger partial charge in [-0.3, -0.25) is 0 Å². The maximum absolute atomic E-state index is 11.3. The molecule has 13 N–H and O–H groups in total. The summed E-state index contributed by atoms with van der Waals surface area (Å²) < 4.78 is 39.7. The Hall–Kier alpha value is -0.450. The normalized spacial score (nSPS) is 48.9. The van der Waals surface area contributed by atoms with Gasteiger partial charge in [-0.1, -0.05) is 6.92 Å². The molecule has 0 aromatic heterocycles. The van der Waals surface area contributed by atoms with E-state index in [0.29, 0.717) is 5.75 Å². The summed E-state index contributed by atoms with van der Waals surface area (Å²) in [7, 11) is 0. The van der Waals surface area contributed by atoms with E-state index in [9.17, 15) is 66.4 Å². The van der Waals surface area contributed by atoms with Gasteiger partial charge in [0.05, 0.1) is 26.4 Å². The van der Waals surface area contributed by atoms with Gasteiger partial charge in [-0.2, -0.15) is 0 Å². The van der Waals surface area contributed by atoms with Crippen LogP contribution in [0.15, 0.2) is 0 Å². The lowest BCUT2D eigenvalue weighted by Crippen LogP contribution is -2.65. The lowest BCUT2D eigenvalue weighted by Gasteiger charge is -2.48. The number of thioether (sulfide) groups is 1. The number of hydrogen-bond donors (Lipinski definition) is 13. The molecule has 276 valence electrons. The average molecular weight is 711 g/mol. The second-order valence-corrected chi connectivity index (χ2v) is 13.0. The van der Waals surface area contributed by atoms with Crippen molar-refractivity contribution in [3.05, 3.63) is 0 Å². The van der Waals surface area contributed by atoms with Crippen LogP contribution in [-0.2, 0) is 33.2 Å². The molecule has 4 aliphatic rings. The van der Waals surface area contributed by atoms with E-state index in [0.717, 1.165) is 11.8 Å². The fraction of sp³-hybridized carbons (Fsp3) is 1.00. The molecule has 0 radical (unpaired) electrons. The van der Waals surface area contributed by atoms with E-state index < -0.39 is 148 Å². The van der Waals surface area contributed by atoms with Crippen LogP contribution in [0.25, 0.3) is 0 Å². The lowest BCUT2D eigenvalue weighted by molar-refractivity contribution is -0.361. The van der Waals surface area contributed by atoms with Gasteiger partial charge in [-0.15, -0.1) is 11.8 Å². The largest absolute Gasteiger partial charge is 0.394 e. The van der Waals surface area contributed by atoms with Crippen molar-refractivity contribution in [1.29, 1.82) is 0 Å². The quantitative estimate of drug-likeness (QED) is 0.0796. The molecule has 0 aromatic rings. The Morgan fingerprint density at radius 2 is 0.957 bits per heavy atom. The molecule has 4 rings (SSSR count). The maximum atomic E-state index is 11.3. The fourth-order valence-electron chi connectivity index (χ4n) is 5.84. The van der Waals surface area contributed by atoms with Crippen molar-refractivity contribution < 1.29 is 99.5 Å². The van der Waals surface area contributed by atoms with Crippen molar-refractivity contribution in [2.45, 2.75) is 129 Å². The summed E-state index contributed by atoms with van der Waals surface area (Å²) in [6.07, 6.45) is -31.4. The fourth-order valence-corrected chi connectivity index (χ4v) is 6.80. The second kappa shape index (κ2) is 17.2. The van der Waals surface area contributed by atoms with E-state index in [-0.39, 0.29) is 0 Å². The van der Waals surface area contributed by atoms with Gasteiger partial charge in [-0.05, 0) is 5.75 Å². The van der Waals surface area contributed by atoms with Crippen LogP contribution in [0, 0.1) is 0 Å². The summed E-state index contributed by atoms with van der Waals surface area (Å²) in [5, 5.41) is 133. The number of aliphatic hydroxyl groups is 13. The summed E-state index contributed by atoms with van der Waals surface area (Å²) in [4.78, 5) is 0. The van der Waals surface area contributed by atoms with Crippen LogP contribution in [0.2, 0.25) is 0 Å². The molecule has 20 atom stereocenters. The Kier molecular flexibility index (Phi) is 14.4. The standard InChI is InChI=1S/C26H46O20S/c1-2-47-26-22(21(12(34)10(6-30)41-26)45-24-16(38)14(36)19(43-24)8(32)4-28)46-25-17(39)20(11(33)9(5-29)40-25)44-23-15(37)13(35)18(42-23)7(31)3-27/h7-39H,2-6H2,1H3/t7-,8-,9-,10-,11-,12-,13-,14-,15-,16-,17+,18+,19+,20+,21+,22+,23+,24+,25-,26-/m1/s1. The van der Waals surface area contributed by atoms with Crippen LogP contribution < -0.4 is 0 Å². The second-order valence-electron chi connectivity index (χ2n) is 11.6. The summed E-state index contributed by atoms with van der Waals surface area (Å²) in [6.45, 7) is -1.44. The molecule has 47 heavy (non-hydrogen) atoms. The molecule has 21 heteroatoms. The van der Waals surface area contributed by atoms with Gasteiger partial charge in [0, 0.05) is 0 Å². The first-order chi connectivity index (χ1) is 22.3. The zero-order chi connectivity index (χ0) is 34.7. The molecule has 4 aliphatic heterocycles. The maximum Gasteiger partial charge on any atom is 0.187 e. The minimum atomic E-state index is -1.94. The molecule has 4 heterocycles. The van der Waals surface area contributed by atoms with Gasteiger partial charge in [-0.25, -0.2) is 0 Å². The minimum Gasteiger partial charge on any atom is -0.394 e. The highest BCUT2D eigenvalue weighted by molar-refractivity contribution is 7.99. The minimum absolute atomic E-state index is 0.384. The summed E-state index contributed by atoms with van der Waals surface area (Å²) in [5.74, 6) is 0.384. The number of ether oxygens (including phenoxy) is 7. The smallest absolute Gasteiger partial charge is 0.187 e. The number of aliphatic hydroxyl groups excluding tert-OH is 13. The molecule has 4 fully saturated rings. The van der Waals surface area contributed by atoms with Crippen molar-refractivity contribution in [2.75, 3.05) is 32.2 Å². The highest BCUT2D eigenvalue weighted by atomic mass is 32.2. The lowest BCUT2D eigenvalue weighted by atomic mass is 9.97. The van der Waals surface area contributed by atoms with Crippen LogP contribution in [0.3, 0.4) is 0 Å². The Morgan fingerprint density at radius 3 is 1.43 bits per heavy atom. The Morgan fingerprint density at radius 1 is 0.532 bits per heavy atom. The molecular formula is C26H46O20S. The SMILES string of the molecule is CCS[C@H]1O[C@H](CO)[C@@H](O)[C@H](O[C@@H]2O[C@@H]([C@H](O)CO)[C@H](O)[C@H]2O)[C@@H]1O[C@H]1O[C@H](CO)[C@@H](O)[C@H](O[C@@H]2O[C@@H]([C@H](O)CO)[C@H](O)[C@H]2O)[C@@H]1O. The van der Waals surface area contributed by atoms with Gasteiger partial charge in [0.1, 0.15) is 103 Å². The average Bonchev–Trinajstić information content (AvgIpc) is 3.51. The third kappa shape index (κ3) is 8.21. The first-order valence-electron chi connectivity index (χ1n) is 15.1. The van der Waals surface area contributed by atoms with Crippen molar-refractivity contribution >= 4 is 11.8 Å². The number of rotatable bonds is 14. The molecule has 20 nitrogen and oxygen atoms in total. The predicted octanol–water partition coefficient (Wildman–Crippen LogP) is -7.99. The summed E-state index contributed by atoms with van der Waals surface area (Å²) in [5.41, 5.74) is -1.07. The van der Waals surface area contributed by atoms with E-state index in [1.165, 1.54) is 0 Å². The van der Waals surface area contributed by atoms with Crippen LogP contribution in [0.4, 0.5) is 0 Å². The molecule has 0 amide bonds. The molecule has 0 aromatic carbocycles. The van der Waals surface area contributed by atoms with Crippen molar-refractivity contribution in [1.82, 2.24) is 0 Å². The van der Waals surface area contributed by atoms with E-state index in [1.54, 1.807) is 6.92 Å². The van der Waals surface area contributed by atoms with Crippen molar-refractivity contribution in [3.8, 4) is 0 Å². The van der Waals surface area contributed by atoms with E-state index in [2.05, 4.69) is 0 Å². The van der Waals surface area contributed by atoms with Crippen LogP contribution in [0.1, 0.15) is 6.92 Å². The molecule has 0 spiro atoms. The molecule has 0 bridgehead atoms. The van der Waals surface area contributed by atoms with Gasteiger partial charge in [0.15, 0.2) is 18.9 Å². The topological polar surface area (TPSA) is 328 Å². The summed E-state index contributed by atoms with van der Waals surface area (Å²) in [6, 6.07) is 0. The van der Waals surface area contributed by atoms with Crippen LogP contribution >= 0.6 is 11.8 Å². The van der Waals surface area contributed by atoms with Crippen molar-refractivity contribution in [3.63, 3.8) is 0 Å². The van der Waals surface area contributed by atoms with Gasteiger partial charge >= 0.3 is 0 Å². The molecular weight excluding hydrogens is 664 g/mol. The van der Waals surface area contributed by atoms with Crippen molar-refractivity contribution in [2.24, 2.45) is 0 Å². The van der Waals surface area contributed by atoms with E-state index in [1.807, 2.05) is 0 Å². The van der Waals surface area contributed by atoms with Crippen LogP contribution in [0.5, 0.6) is 0 Å². The zero-order valence-electron chi connectivity index (χ0n) is 25.2. The van der Waals surface area contributed by atoms with Gasteiger partial charge in [0.25, 0.3) is 0 Å². The Labute approximate surface area is 272 Å². The first kappa shape index (κ1) is 39.3. The summed E-state index contributed by atoms with van der Waals surface area (Å²) >= 11 is 1.12. The molecule has 0 saturated carbocycles. The van der Waals surface area contributed by atoms with Crippen LogP contribution in [-0.4, -0.2) is 221 Å². The molecule has 4 saturated heterocycles. The first-order valence-corrected chi connectivity index (χ1v) is 16.1. The highest BCUT2D eigenvalue weighted by Gasteiger charge is 2.56. The molecule has 0 aliphatic carbocycles. The molecule has 0 unspecified atom stereocenters. The zero-order valence-corrected chi connectivity index (χ0v) is 26.0. The predicted molar refractivity (Wildman–Crippen MR) is 150 cm³/mol. The number of hydrogen-bond acceptors (Lipinski definition) is 21. The monoisotopic (exact) mass is 710 g/mol. The Bertz CT molecular complexity index is 956. The van der Waals surface area contributed by atoms with Gasteiger partial charge < -0.3 is 99.5 Å². The van der Waals surface area contributed by atoms with E-state index >= 15 is 0 Å². The highest BCUT2D eigenvalue weighted by Crippen LogP contribution is 2.38.